The monoisotopic (exact) mass is 313 g/mol. The second-order valence-electron chi connectivity index (χ2n) is 4.96. The Bertz CT molecular complexity index is 596. The van der Waals surface area contributed by atoms with Crippen LogP contribution in [0.3, 0.4) is 0 Å². The van der Waals surface area contributed by atoms with E-state index in [9.17, 15) is 19.3 Å². The second-order valence-corrected chi connectivity index (χ2v) is 6.44. The van der Waals surface area contributed by atoms with Crippen molar-refractivity contribution in [2.75, 3.05) is 18.0 Å². The topological polar surface area (TPSA) is 89.5 Å². The van der Waals surface area contributed by atoms with E-state index in [0.717, 1.165) is 17.9 Å². The van der Waals surface area contributed by atoms with Gasteiger partial charge in [0.1, 0.15) is 11.5 Å². The summed E-state index contributed by atoms with van der Waals surface area (Å²) >= 11 is 1.75. The normalized spacial score (nSPS) is 22.1. The number of benzene rings is 1. The minimum Gasteiger partial charge on any atom is -0.393 e. The number of nitrogens with two attached hydrogens (primary N) is 1. The van der Waals surface area contributed by atoms with Gasteiger partial charge in [-0.2, -0.15) is 11.8 Å². The van der Waals surface area contributed by atoms with E-state index in [1.165, 1.54) is 0 Å². The highest BCUT2D eigenvalue weighted by atomic mass is 32.2. The summed E-state index contributed by atoms with van der Waals surface area (Å²) < 4.78 is 13.5. The van der Waals surface area contributed by atoms with Crippen LogP contribution < -0.4 is 5.73 Å². The van der Waals surface area contributed by atoms with E-state index in [2.05, 4.69) is 0 Å². The number of nitrogens with zero attached hydrogens (tertiary/aromatic N) is 2. The third-order valence-corrected chi connectivity index (χ3v) is 5.03. The fraction of sp³-hybridized carbons (Fsp3) is 0.462. The smallest absolute Gasteiger partial charge is 0.295 e. The molecule has 2 N–H and O–H groups in total. The molecule has 1 aliphatic heterocycles. The molecule has 1 heterocycles. The van der Waals surface area contributed by atoms with Crippen LogP contribution in [0.25, 0.3) is 0 Å². The van der Waals surface area contributed by atoms with Crippen molar-refractivity contribution in [1.82, 2.24) is 4.90 Å². The largest absolute Gasteiger partial charge is 0.393 e. The van der Waals surface area contributed by atoms with Crippen LogP contribution in [-0.4, -0.2) is 39.3 Å². The quantitative estimate of drug-likeness (QED) is 0.514. The van der Waals surface area contributed by atoms with Gasteiger partial charge in [0.25, 0.3) is 11.6 Å². The molecule has 2 unspecified atom stereocenters. The van der Waals surface area contributed by atoms with Crippen molar-refractivity contribution < 1.29 is 14.1 Å². The summed E-state index contributed by atoms with van der Waals surface area (Å²) in [6.07, 6.45) is 0. The molecule has 0 saturated carbocycles. The van der Waals surface area contributed by atoms with Gasteiger partial charge in [-0.3, -0.25) is 14.9 Å². The van der Waals surface area contributed by atoms with Gasteiger partial charge in [-0.15, -0.1) is 0 Å². The first-order valence-corrected chi connectivity index (χ1v) is 7.53. The van der Waals surface area contributed by atoms with Crippen LogP contribution in [0.15, 0.2) is 12.1 Å². The van der Waals surface area contributed by atoms with E-state index in [4.69, 9.17) is 5.73 Å². The zero-order valence-corrected chi connectivity index (χ0v) is 12.5. The van der Waals surface area contributed by atoms with Gasteiger partial charge < -0.3 is 10.6 Å². The molecule has 1 aromatic carbocycles. The first-order valence-electron chi connectivity index (χ1n) is 6.49. The lowest BCUT2D eigenvalue weighted by atomic mass is 10.1. The Morgan fingerprint density at radius 3 is 2.81 bits per heavy atom. The first-order chi connectivity index (χ1) is 9.82. The van der Waals surface area contributed by atoms with Crippen molar-refractivity contribution in [1.29, 1.82) is 0 Å². The van der Waals surface area contributed by atoms with Crippen molar-refractivity contribution in [3.63, 3.8) is 0 Å². The molecule has 0 aromatic heterocycles. The maximum atomic E-state index is 13.5. The fourth-order valence-electron chi connectivity index (χ4n) is 2.31. The number of anilines is 1. The van der Waals surface area contributed by atoms with Crippen molar-refractivity contribution in [3.8, 4) is 0 Å². The number of hydrogen-bond acceptors (Lipinski definition) is 5. The second kappa shape index (κ2) is 5.88. The molecule has 1 aliphatic rings. The fourth-order valence-corrected chi connectivity index (χ4v) is 3.41. The van der Waals surface area contributed by atoms with Gasteiger partial charge in [-0.25, -0.2) is 4.39 Å². The Hall–Kier alpha value is -1.83. The van der Waals surface area contributed by atoms with Gasteiger partial charge in [0, 0.05) is 23.6 Å². The van der Waals surface area contributed by atoms with Crippen LogP contribution in [0.5, 0.6) is 0 Å². The van der Waals surface area contributed by atoms with E-state index in [1.807, 2.05) is 13.8 Å². The van der Waals surface area contributed by atoms with Crippen molar-refractivity contribution >= 4 is 29.0 Å². The van der Waals surface area contributed by atoms with Crippen LogP contribution >= 0.6 is 11.8 Å². The van der Waals surface area contributed by atoms with Crippen LogP contribution in [0.4, 0.5) is 15.8 Å². The summed E-state index contributed by atoms with van der Waals surface area (Å²) in [4.78, 5) is 24.2. The number of nitro groups is 1. The summed E-state index contributed by atoms with van der Waals surface area (Å²) in [5.41, 5.74) is 4.67. The number of nitrogen functional groups attached to an aromatic ring is 1. The molecule has 0 spiro atoms. The average molecular weight is 313 g/mol. The molecule has 6 nitrogen and oxygen atoms in total. The maximum absolute atomic E-state index is 13.5. The maximum Gasteiger partial charge on any atom is 0.295 e. The van der Waals surface area contributed by atoms with Gasteiger partial charge in [0.05, 0.1) is 16.6 Å². The highest BCUT2D eigenvalue weighted by Gasteiger charge is 2.32. The molecule has 2 rings (SSSR count). The first kappa shape index (κ1) is 15.6. The highest BCUT2D eigenvalue weighted by Crippen LogP contribution is 2.31. The Morgan fingerprint density at radius 1 is 1.52 bits per heavy atom. The van der Waals surface area contributed by atoms with Gasteiger partial charge in [-0.1, -0.05) is 6.92 Å². The van der Waals surface area contributed by atoms with Gasteiger partial charge in [-0.05, 0) is 13.0 Å². The Balaban J connectivity index is 2.41. The lowest BCUT2D eigenvalue weighted by Gasteiger charge is -2.37. The molecule has 1 saturated heterocycles. The number of halogens is 1. The van der Waals surface area contributed by atoms with E-state index in [-0.39, 0.29) is 22.5 Å². The molecule has 0 aliphatic carbocycles. The minimum absolute atomic E-state index is 0.0435. The lowest BCUT2D eigenvalue weighted by Crippen LogP contribution is -2.48. The molecule has 1 amide bonds. The predicted molar refractivity (Wildman–Crippen MR) is 79.9 cm³/mol. The molecule has 1 aromatic rings. The number of thioether (sulfide) groups is 1. The predicted octanol–water partition coefficient (Wildman–Crippen LogP) is 2.28. The standard InChI is InChI=1S/C13H16FN3O3S/c1-7-8(2)21-4-3-16(7)13(18)10-5-9(14)6-11(12(10)15)17(19)20/h5-8H,3-4,15H2,1-2H3. The zero-order chi connectivity index (χ0) is 15.7. The van der Waals surface area contributed by atoms with Gasteiger partial charge >= 0.3 is 0 Å². The Morgan fingerprint density at radius 2 is 2.19 bits per heavy atom. The van der Waals surface area contributed by atoms with E-state index in [1.54, 1.807) is 16.7 Å². The van der Waals surface area contributed by atoms with E-state index >= 15 is 0 Å². The summed E-state index contributed by atoms with van der Waals surface area (Å²) in [5, 5.41) is 11.1. The Kier molecular flexibility index (Phi) is 4.36. The van der Waals surface area contributed by atoms with Gasteiger partial charge in [0.15, 0.2) is 0 Å². The van der Waals surface area contributed by atoms with Crippen LogP contribution in [0, 0.1) is 15.9 Å². The van der Waals surface area contributed by atoms with Crippen molar-refractivity contribution in [3.05, 3.63) is 33.6 Å². The number of hydrogen-bond donors (Lipinski definition) is 1. The molecule has 8 heteroatoms. The lowest BCUT2D eigenvalue weighted by molar-refractivity contribution is -0.384. The summed E-state index contributed by atoms with van der Waals surface area (Å²) in [6.45, 7) is 4.42. The molecule has 2 atom stereocenters. The molecule has 21 heavy (non-hydrogen) atoms. The Labute approximate surface area is 125 Å². The molecular weight excluding hydrogens is 297 g/mol. The summed E-state index contributed by atoms with van der Waals surface area (Å²) in [5.74, 6) is -0.532. The molecule has 114 valence electrons. The molecule has 0 bridgehead atoms. The molecule has 1 fully saturated rings. The zero-order valence-electron chi connectivity index (χ0n) is 11.7. The molecule has 0 radical (unpaired) electrons. The average Bonchev–Trinajstić information content (AvgIpc) is 2.43. The van der Waals surface area contributed by atoms with Crippen LogP contribution in [0.1, 0.15) is 24.2 Å². The number of amides is 1. The number of carbonyl (C=O) groups is 1. The number of carbonyl (C=O) groups excluding carboxylic acids is 1. The van der Waals surface area contributed by atoms with E-state index < -0.39 is 22.3 Å². The number of rotatable bonds is 2. The summed E-state index contributed by atoms with van der Waals surface area (Å²) in [7, 11) is 0. The van der Waals surface area contributed by atoms with Crippen LogP contribution in [0.2, 0.25) is 0 Å². The summed E-state index contributed by atoms with van der Waals surface area (Å²) in [6, 6.07) is 1.64. The van der Waals surface area contributed by atoms with Gasteiger partial charge in [0.2, 0.25) is 0 Å². The third-order valence-electron chi connectivity index (χ3n) is 3.69. The molecular formula is C13H16FN3O3S. The number of nitro benzene ring substituents is 1. The van der Waals surface area contributed by atoms with Crippen molar-refractivity contribution in [2.45, 2.75) is 25.1 Å². The minimum atomic E-state index is -0.841. The SMILES string of the molecule is CC1SCCN(C(=O)c2cc(F)cc([N+](=O)[O-])c2N)C1C. The van der Waals surface area contributed by atoms with Crippen molar-refractivity contribution in [2.24, 2.45) is 0 Å². The highest BCUT2D eigenvalue weighted by molar-refractivity contribution is 8.00. The van der Waals surface area contributed by atoms with E-state index in [0.29, 0.717) is 6.54 Å². The third kappa shape index (κ3) is 2.94. The van der Waals surface area contributed by atoms with Crippen LogP contribution in [-0.2, 0) is 0 Å².